The van der Waals surface area contributed by atoms with Crippen LogP contribution in [0.25, 0.3) is 0 Å². The Morgan fingerprint density at radius 2 is 1.48 bits per heavy atom. The van der Waals surface area contributed by atoms with Crippen LogP contribution in [-0.4, -0.2) is 56.5 Å². The van der Waals surface area contributed by atoms with Crippen LogP contribution < -0.4 is 10.1 Å². The number of hydrogen-bond acceptors (Lipinski definition) is 5. The Kier molecular flexibility index (Phi) is 7.50. The minimum absolute atomic E-state index is 0.0303. The van der Waals surface area contributed by atoms with E-state index in [4.69, 9.17) is 9.47 Å². The molecule has 1 heterocycles. The van der Waals surface area contributed by atoms with Crippen LogP contribution in [0.2, 0.25) is 0 Å². The Bertz CT molecular complexity index is 1060. The minimum Gasteiger partial charge on any atom is -0.497 e. The summed E-state index contributed by atoms with van der Waals surface area (Å²) in [6.45, 7) is 3.44. The lowest BCUT2D eigenvalue weighted by Crippen LogP contribution is -2.43. The SMILES string of the molecule is COc1ccc([C@@H](CNC(=O)c2ccc(C(=O)c3ccccc3)cc2)N2CCOCC2)cc1. The maximum atomic E-state index is 12.9. The van der Waals surface area contributed by atoms with Crippen molar-refractivity contribution in [1.82, 2.24) is 10.2 Å². The molecule has 0 radical (unpaired) electrons. The number of nitrogens with zero attached hydrogens (tertiary/aromatic N) is 1. The van der Waals surface area contributed by atoms with Crippen LogP contribution in [-0.2, 0) is 4.74 Å². The molecule has 33 heavy (non-hydrogen) atoms. The van der Waals surface area contributed by atoms with Crippen LogP contribution in [0.5, 0.6) is 5.75 Å². The first-order chi connectivity index (χ1) is 16.2. The maximum absolute atomic E-state index is 12.9. The lowest BCUT2D eigenvalue weighted by atomic mass is 10.0. The van der Waals surface area contributed by atoms with Gasteiger partial charge < -0.3 is 14.8 Å². The topological polar surface area (TPSA) is 67.9 Å². The van der Waals surface area contributed by atoms with Gasteiger partial charge in [0, 0.05) is 36.3 Å². The predicted molar refractivity (Wildman–Crippen MR) is 127 cm³/mol. The molecule has 0 bridgehead atoms. The summed E-state index contributed by atoms with van der Waals surface area (Å²) in [5.74, 6) is 0.573. The van der Waals surface area contributed by atoms with Crippen molar-refractivity contribution in [3.63, 3.8) is 0 Å². The number of methoxy groups -OCH3 is 1. The van der Waals surface area contributed by atoms with Gasteiger partial charge in [-0.05, 0) is 29.8 Å². The Morgan fingerprint density at radius 1 is 0.879 bits per heavy atom. The Morgan fingerprint density at radius 3 is 2.12 bits per heavy atom. The third-order valence-electron chi connectivity index (χ3n) is 5.89. The summed E-state index contributed by atoms with van der Waals surface area (Å²) >= 11 is 0. The highest BCUT2D eigenvalue weighted by molar-refractivity contribution is 6.09. The van der Waals surface area contributed by atoms with Gasteiger partial charge in [-0.25, -0.2) is 0 Å². The molecule has 1 saturated heterocycles. The van der Waals surface area contributed by atoms with E-state index in [1.807, 2.05) is 42.5 Å². The Labute approximate surface area is 194 Å². The maximum Gasteiger partial charge on any atom is 0.251 e. The molecule has 170 valence electrons. The normalized spacial score (nSPS) is 14.9. The summed E-state index contributed by atoms with van der Waals surface area (Å²) in [7, 11) is 1.65. The van der Waals surface area contributed by atoms with Crippen LogP contribution in [0.15, 0.2) is 78.9 Å². The minimum atomic E-state index is -0.166. The van der Waals surface area contributed by atoms with Gasteiger partial charge in [-0.15, -0.1) is 0 Å². The van der Waals surface area contributed by atoms with Gasteiger partial charge in [-0.1, -0.05) is 54.6 Å². The Hall–Kier alpha value is -3.48. The number of carbonyl (C=O) groups is 2. The lowest BCUT2D eigenvalue weighted by molar-refractivity contribution is 0.0162. The van der Waals surface area contributed by atoms with E-state index in [0.717, 1.165) is 24.4 Å². The number of rotatable bonds is 8. The van der Waals surface area contributed by atoms with Crippen LogP contribution in [0, 0.1) is 0 Å². The summed E-state index contributed by atoms with van der Waals surface area (Å²) in [4.78, 5) is 27.8. The molecule has 0 unspecified atom stereocenters. The van der Waals surface area contributed by atoms with Gasteiger partial charge >= 0.3 is 0 Å². The summed E-state index contributed by atoms with van der Waals surface area (Å²) in [5, 5.41) is 3.07. The van der Waals surface area contributed by atoms with Crippen molar-refractivity contribution in [3.05, 3.63) is 101 Å². The molecule has 1 fully saturated rings. The number of benzene rings is 3. The second-order valence-corrected chi connectivity index (χ2v) is 7.92. The standard InChI is InChI=1S/C27H28N2O4/c1-32-24-13-11-20(12-14-24)25(29-15-17-33-18-16-29)19-28-27(31)23-9-7-22(8-10-23)26(30)21-5-3-2-4-6-21/h2-14,25H,15-19H2,1H3,(H,28,31)/t25-/m1/s1. The van der Waals surface area contributed by atoms with Gasteiger partial charge in [0.1, 0.15) is 5.75 Å². The first-order valence-electron chi connectivity index (χ1n) is 11.1. The van der Waals surface area contributed by atoms with Crippen LogP contribution >= 0.6 is 0 Å². The predicted octanol–water partition coefficient (Wildman–Crippen LogP) is 3.73. The molecule has 6 nitrogen and oxygen atoms in total. The van der Waals surface area contributed by atoms with Crippen molar-refractivity contribution in [2.24, 2.45) is 0 Å². The number of ether oxygens (including phenoxy) is 2. The smallest absolute Gasteiger partial charge is 0.251 e. The van der Waals surface area contributed by atoms with Gasteiger partial charge in [-0.2, -0.15) is 0 Å². The molecular formula is C27H28N2O4. The van der Waals surface area contributed by atoms with Crippen LogP contribution in [0.4, 0.5) is 0 Å². The molecule has 1 amide bonds. The molecule has 1 aliphatic rings. The van der Waals surface area contributed by atoms with Crippen molar-refractivity contribution in [1.29, 1.82) is 0 Å². The van der Waals surface area contributed by atoms with Crippen LogP contribution in [0.3, 0.4) is 0 Å². The summed E-state index contributed by atoms with van der Waals surface area (Å²) < 4.78 is 10.8. The van der Waals surface area contributed by atoms with Gasteiger partial charge in [0.2, 0.25) is 0 Å². The van der Waals surface area contributed by atoms with Gasteiger partial charge in [0.05, 0.1) is 26.4 Å². The number of ketones is 1. The summed E-state index contributed by atoms with van der Waals surface area (Å²) in [6, 6.07) is 23.9. The fraction of sp³-hybridized carbons (Fsp3) is 0.259. The van der Waals surface area contributed by atoms with Crippen molar-refractivity contribution in [2.75, 3.05) is 40.0 Å². The zero-order valence-electron chi connectivity index (χ0n) is 18.7. The monoisotopic (exact) mass is 444 g/mol. The first-order valence-corrected chi connectivity index (χ1v) is 11.1. The van der Waals surface area contributed by atoms with Crippen LogP contribution in [0.1, 0.15) is 37.9 Å². The molecule has 1 atom stereocenters. The fourth-order valence-corrected chi connectivity index (χ4v) is 3.99. The van der Waals surface area contributed by atoms with E-state index < -0.39 is 0 Å². The Balaban J connectivity index is 1.43. The van der Waals surface area contributed by atoms with Gasteiger partial charge in [-0.3, -0.25) is 14.5 Å². The third kappa shape index (κ3) is 5.66. The van der Waals surface area contributed by atoms with E-state index in [1.165, 1.54) is 0 Å². The zero-order valence-corrected chi connectivity index (χ0v) is 18.7. The number of carbonyl (C=O) groups excluding carboxylic acids is 2. The number of nitrogens with one attached hydrogen (secondary N) is 1. The molecule has 1 N–H and O–H groups in total. The molecular weight excluding hydrogens is 416 g/mol. The molecule has 6 heteroatoms. The number of morpholine rings is 1. The molecule has 3 aromatic carbocycles. The van der Waals surface area contributed by atoms with E-state index in [0.29, 0.717) is 36.4 Å². The third-order valence-corrected chi connectivity index (χ3v) is 5.89. The quantitative estimate of drug-likeness (QED) is 0.537. The second kappa shape index (κ2) is 10.9. The highest BCUT2D eigenvalue weighted by Gasteiger charge is 2.23. The molecule has 4 rings (SSSR count). The van der Waals surface area contributed by atoms with Crippen molar-refractivity contribution in [2.45, 2.75) is 6.04 Å². The molecule has 0 aliphatic carbocycles. The van der Waals surface area contributed by atoms with E-state index in [9.17, 15) is 9.59 Å². The number of amides is 1. The molecule has 0 aromatic heterocycles. The lowest BCUT2D eigenvalue weighted by Gasteiger charge is -2.35. The fourth-order valence-electron chi connectivity index (χ4n) is 3.99. The first kappa shape index (κ1) is 22.7. The van der Waals surface area contributed by atoms with Crippen molar-refractivity contribution in [3.8, 4) is 5.75 Å². The average Bonchev–Trinajstić information content (AvgIpc) is 2.90. The molecule has 1 aliphatic heterocycles. The molecule has 0 saturated carbocycles. The van der Waals surface area contributed by atoms with E-state index >= 15 is 0 Å². The second-order valence-electron chi connectivity index (χ2n) is 7.92. The summed E-state index contributed by atoms with van der Waals surface area (Å²) in [5.41, 5.74) is 2.82. The van der Waals surface area contributed by atoms with Crippen molar-refractivity contribution >= 4 is 11.7 Å². The summed E-state index contributed by atoms with van der Waals surface area (Å²) in [6.07, 6.45) is 0. The van der Waals surface area contributed by atoms with Gasteiger partial charge in [0.25, 0.3) is 5.91 Å². The highest BCUT2D eigenvalue weighted by atomic mass is 16.5. The molecule has 0 spiro atoms. The highest BCUT2D eigenvalue weighted by Crippen LogP contribution is 2.24. The molecule has 3 aromatic rings. The number of hydrogen-bond donors (Lipinski definition) is 1. The largest absolute Gasteiger partial charge is 0.497 e. The van der Waals surface area contributed by atoms with E-state index in [1.54, 1.807) is 43.5 Å². The van der Waals surface area contributed by atoms with Gasteiger partial charge in [0.15, 0.2) is 5.78 Å². The van der Waals surface area contributed by atoms with E-state index in [-0.39, 0.29) is 17.7 Å². The van der Waals surface area contributed by atoms with Crippen molar-refractivity contribution < 1.29 is 19.1 Å². The van der Waals surface area contributed by atoms with E-state index in [2.05, 4.69) is 10.2 Å². The zero-order chi connectivity index (χ0) is 23.0. The average molecular weight is 445 g/mol.